The van der Waals surface area contributed by atoms with Crippen LogP contribution >= 0.6 is 0 Å². The zero-order valence-electron chi connectivity index (χ0n) is 16.4. The molecule has 0 saturated heterocycles. The summed E-state index contributed by atoms with van der Waals surface area (Å²) in [6.07, 6.45) is 1.52. The molecule has 31 heavy (non-hydrogen) atoms. The number of rotatable bonds is 7. The summed E-state index contributed by atoms with van der Waals surface area (Å²) in [5, 5.41) is 13.8. The fraction of sp³-hybridized carbons (Fsp3) is 0.136. The molecule has 0 atom stereocenters. The normalized spacial score (nSPS) is 10.7. The maximum absolute atomic E-state index is 12.5. The first kappa shape index (κ1) is 20.0. The van der Waals surface area contributed by atoms with Gasteiger partial charge in [0.05, 0.1) is 36.0 Å². The molecule has 0 fully saturated rings. The molecule has 9 nitrogen and oxygen atoms in total. The Bertz CT molecular complexity index is 1280. The third kappa shape index (κ3) is 4.67. The van der Waals surface area contributed by atoms with Gasteiger partial charge in [0.15, 0.2) is 0 Å². The molecule has 0 unspecified atom stereocenters. The Morgan fingerprint density at radius 1 is 1.00 bits per heavy atom. The van der Waals surface area contributed by atoms with E-state index in [1.807, 2.05) is 0 Å². The van der Waals surface area contributed by atoms with Crippen LogP contribution < -0.4 is 16.2 Å². The third-order valence-corrected chi connectivity index (χ3v) is 4.63. The number of aromatic nitrogens is 3. The molecule has 0 bridgehead atoms. The summed E-state index contributed by atoms with van der Waals surface area (Å²) in [7, 11) is 0. The summed E-state index contributed by atoms with van der Waals surface area (Å²) < 4.78 is 6.36. The quantitative estimate of drug-likeness (QED) is 0.476. The van der Waals surface area contributed by atoms with Crippen molar-refractivity contribution in [2.75, 3.05) is 5.32 Å². The lowest BCUT2D eigenvalue weighted by molar-refractivity contribution is -0.116. The van der Waals surface area contributed by atoms with Crippen molar-refractivity contribution < 1.29 is 14.0 Å². The number of nitrogens with one attached hydrogen (secondary N) is 2. The van der Waals surface area contributed by atoms with Gasteiger partial charge in [0.25, 0.3) is 11.5 Å². The minimum Gasteiger partial charge on any atom is -0.467 e. The van der Waals surface area contributed by atoms with Crippen LogP contribution in [0.15, 0.2) is 76.1 Å². The fourth-order valence-electron chi connectivity index (χ4n) is 3.06. The van der Waals surface area contributed by atoms with Crippen LogP contribution in [0.1, 0.15) is 22.5 Å². The number of furan rings is 1. The van der Waals surface area contributed by atoms with Crippen molar-refractivity contribution in [3.63, 3.8) is 0 Å². The maximum atomic E-state index is 12.5. The second kappa shape index (κ2) is 9.04. The second-order valence-electron chi connectivity index (χ2n) is 6.74. The summed E-state index contributed by atoms with van der Waals surface area (Å²) >= 11 is 0. The van der Waals surface area contributed by atoms with Crippen LogP contribution in [0.5, 0.6) is 0 Å². The second-order valence-corrected chi connectivity index (χ2v) is 6.74. The van der Waals surface area contributed by atoms with Crippen molar-refractivity contribution >= 4 is 28.4 Å². The number of anilines is 1. The molecule has 0 saturated carbocycles. The van der Waals surface area contributed by atoms with Crippen LogP contribution in [-0.4, -0.2) is 26.8 Å². The molecule has 2 aromatic heterocycles. The summed E-state index contributed by atoms with van der Waals surface area (Å²) in [5.41, 5.74) is 0.894. The molecule has 0 aliphatic heterocycles. The summed E-state index contributed by atoms with van der Waals surface area (Å²) in [6.45, 7) is 0.299. The monoisotopic (exact) mass is 417 g/mol. The van der Waals surface area contributed by atoms with Crippen LogP contribution in [0, 0.1) is 0 Å². The average Bonchev–Trinajstić information content (AvgIpc) is 3.31. The molecule has 9 heteroatoms. The number of nitrogens with zero attached hydrogens (tertiary/aromatic N) is 3. The first-order valence-corrected chi connectivity index (χ1v) is 9.64. The molecule has 0 radical (unpaired) electrons. The molecular weight excluding hydrogens is 398 g/mol. The molecule has 2 aromatic carbocycles. The van der Waals surface area contributed by atoms with Gasteiger partial charge in [0.1, 0.15) is 11.3 Å². The van der Waals surface area contributed by atoms with Crippen LogP contribution in [0.2, 0.25) is 0 Å². The van der Waals surface area contributed by atoms with Crippen molar-refractivity contribution in [3.05, 3.63) is 88.6 Å². The van der Waals surface area contributed by atoms with Crippen LogP contribution in [-0.2, 0) is 17.9 Å². The number of aryl methyl sites for hydroxylation is 1. The van der Waals surface area contributed by atoms with E-state index < -0.39 is 0 Å². The van der Waals surface area contributed by atoms with Crippen molar-refractivity contribution in [1.29, 1.82) is 0 Å². The lowest BCUT2D eigenvalue weighted by atomic mass is 10.1. The zero-order chi connectivity index (χ0) is 21.6. The van der Waals surface area contributed by atoms with Gasteiger partial charge in [-0.25, -0.2) is 4.68 Å². The SMILES string of the molecule is O=C(CCn1nnc2ccccc2c1=O)Nc1ccccc1C(=O)NCc1ccco1. The molecule has 156 valence electrons. The van der Waals surface area contributed by atoms with Crippen molar-refractivity contribution in [2.45, 2.75) is 19.5 Å². The van der Waals surface area contributed by atoms with E-state index in [0.717, 1.165) is 4.68 Å². The van der Waals surface area contributed by atoms with E-state index in [4.69, 9.17) is 4.42 Å². The Morgan fingerprint density at radius 2 is 1.81 bits per heavy atom. The number of carbonyl (C=O) groups is 2. The minimum atomic E-state index is -0.354. The van der Waals surface area contributed by atoms with Gasteiger partial charge >= 0.3 is 0 Å². The van der Waals surface area contributed by atoms with E-state index in [9.17, 15) is 14.4 Å². The Labute approximate surface area is 176 Å². The van der Waals surface area contributed by atoms with Crippen molar-refractivity contribution in [2.24, 2.45) is 0 Å². The molecular formula is C22H19N5O4. The zero-order valence-corrected chi connectivity index (χ0v) is 16.4. The molecule has 2 heterocycles. The molecule has 0 aliphatic rings. The molecule has 0 aliphatic carbocycles. The van der Waals surface area contributed by atoms with Crippen molar-refractivity contribution in [3.8, 4) is 0 Å². The highest BCUT2D eigenvalue weighted by atomic mass is 16.3. The summed E-state index contributed by atoms with van der Waals surface area (Å²) in [4.78, 5) is 37.5. The van der Waals surface area contributed by atoms with Gasteiger partial charge in [-0.1, -0.05) is 29.5 Å². The molecule has 4 aromatic rings. The molecule has 4 rings (SSSR count). The Hall–Kier alpha value is -4.27. The number of hydrogen-bond acceptors (Lipinski definition) is 6. The Balaban J connectivity index is 1.40. The fourth-order valence-corrected chi connectivity index (χ4v) is 3.06. The lowest BCUT2D eigenvalue weighted by Crippen LogP contribution is -2.27. The number of fused-ring (bicyclic) bond motifs is 1. The highest BCUT2D eigenvalue weighted by Gasteiger charge is 2.14. The number of hydrogen-bond donors (Lipinski definition) is 2. The maximum Gasteiger partial charge on any atom is 0.277 e. The molecule has 0 spiro atoms. The minimum absolute atomic E-state index is 0.00469. The highest BCUT2D eigenvalue weighted by molar-refractivity contribution is 6.03. The number of carbonyl (C=O) groups excluding carboxylic acids is 2. The predicted octanol–water partition coefficient (Wildman–Crippen LogP) is 2.34. The van der Waals surface area contributed by atoms with Gasteiger partial charge in [-0.3, -0.25) is 14.4 Å². The average molecular weight is 417 g/mol. The van der Waals surface area contributed by atoms with Crippen molar-refractivity contribution in [1.82, 2.24) is 20.3 Å². The van der Waals surface area contributed by atoms with E-state index in [-0.39, 0.29) is 36.9 Å². The van der Waals surface area contributed by atoms with Gasteiger partial charge < -0.3 is 15.1 Å². The van der Waals surface area contributed by atoms with E-state index in [1.54, 1.807) is 60.7 Å². The van der Waals surface area contributed by atoms with Crippen LogP contribution in [0.3, 0.4) is 0 Å². The smallest absolute Gasteiger partial charge is 0.277 e. The molecule has 2 N–H and O–H groups in total. The van der Waals surface area contributed by atoms with E-state index in [2.05, 4.69) is 20.9 Å². The van der Waals surface area contributed by atoms with Crippen LogP contribution in [0.25, 0.3) is 10.9 Å². The number of para-hydroxylation sites is 1. The van der Waals surface area contributed by atoms with E-state index in [1.165, 1.54) is 6.26 Å². The van der Waals surface area contributed by atoms with Gasteiger partial charge in [-0.15, -0.1) is 5.10 Å². The summed E-state index contributed by atoms with van der Waals surface area (Å²) in [5.74, 6) is -0.0751. The van der Waals surface area contributed by atoms with E-state index in [0.29, 0.717) is 27.9 Å². The largest absolute Gasteiger partial charge is 0.467 e. The van der Waals surface area contributed by atoms with Gasteiger partial charge in [0.2, 0.25) is 5.91 Å². The topological polar surface area (TPSA) is 119 Å². The summed E-state index contributed by atoms with van der Waals surface area (Å²) in [6, 6.07) is 17.1. The Kier molecular flexibility index (Phi) is 5.84. The first-order chi connectivity index (χ1) is 15.1. The highest BCUT2D eigenvalue weighted by Crippen LogP contribution is 2.16. The van der Waals surface area contributed by atoms with Gasteiger partial charge in [-0.05, 0) is 36.4 Å². The Morgan fingerprint density at radius 3 is 2.65 bits per heavy atom. The van der Waals surface area contributed by atoms with Crippen LogP contribution in [0.4, 0.5) is 5.69 Å². The third-order valence-electron chi connectivity index (χ3n) is 4.63. The number of amides is 2. The lowest BCUT2D eigenvalue weighted by Gasteiger charge is -2.11. The number of benzene rings is 2. The predicted molar refractivity (Wildman–Crippen MR) is 113 cm³/mol. The van der Waals surface area contributed by atoms with Gasteiger partial charge in [0, 0.05) is 6.42 Å². The first-order valence-electron chi connectivity index (χ1n) is 9.64. The van der Waals surface area contributed by atoms with Gasteiger partial charge in [-0.2, -0.15) is 0 Å². The molecule has 2 amide bonds. The van der Waals surface area contributed by atoms with E-state index >= 15 is 0 Å². The standard InChI is InChI=1S/C22H19N5O4/c28-20(11-12-27-22(30)17-8-2-4-10-19(17)25-26-27)24-18-9-3-1-7-16(18)21(29)23-14-15-6-5-13-31-15/h1-10,13H,11-12,14H2,(H,23,29)(H,24,28).